The molecule has 0 N–H and O–H groups in total. The van der Waals surface area contributed by atoms with Crippen LogP contribution in [0.4, 0.5) is 0 Å². The molecule has 0 aromatic heterocycles. The van der Waals surface area contributed by atoms with Gasteiger partial charge in [0.05, 0.1) is 0 Å². The van der Waals surface area contributed by atoms with E-state index in [1.54, 1.807) is 0 Å². The first-order valence-corrected chi connectivity index (χ1v) is 3.63. The molecule has 0 unspecified atom stereocenters. The van der Waals surface area contributed by atoms with Crippen molar-refractivity contribution in [2.75, 3.05) is 5.83 Å². The van der Waals surface area contributed by atoms with Crippen LogP contribution < -0.4 is 0 Å². The summed E-state index contributed by atoms with van der Waals surface area (Å²) < 4.78 is 0. The van der Waals surface area contributed by atoms with Crippen LogP contribution >= 0.6 is 15.9 Å². The van der Waals surface area contributed by atoms with Gasteiger partial charge in [-0.2, -0.15) is 18.2 Å². The zero-order valence-corrected chi connectivity index (χ0v) is 8.81. The molecule has 1 aromatic carbocycles. The molecule has 0 saturated heterocycles. The Kier molecular flexibility index (Phi) is 15.3. The Bertz CT molecular complexity index is 65.0. The van der Waals surface area contributed by atoms with Gasteiger partial charge in [-0.15, -0.1) is 0 Å². The van der Waals surface area contributed by atoms with Crippen molar-refractivity contribution >= 4 is 15.9 Å². The summed E-state index contributed by atoms with van der Waals surface area (Å²) in [6, 6.07) is 10.0. The normalized spacial score (nSPS) is 5.75. The molecule has 0 aliphatic carbocycles. The van der Waals surface area contributed by atoms with Gasteiger partial charge in [0.25, 0.3) is 0 Å². The van der Waals surface area contributed by atoms with Gasteiger partial charge >= 0.3 is 0 Å². The van der Waals surface area contributed by atoms with E-state index in [0.717, 1.165) is 0 Å². The van der Waals surface area contributed by atoms with Crippen LogP contribution in [0.3, 0.4) is 0 Å². The van der Waals surface area contributed by atoms with Crippen LogP contribution in [-0.2, 0) is 26.2 Å². The number of rotatable bonds is 0. The number of alkyl halides is 1. The smallest absolute Gasteiger partial charge is 0 e. The quantitative estimate of drug-likeness (QED) is 0.490. The molecule has 0 aliphatic heterocycles. The van der Waals surface area contributed by atoms with Crippen molar-refractivity contribution < 1.29 is 26.2 Å². The Hall–Kier alpha value is 0.713. The Labute approximate surface area is 77.9 Å². The topological polar surface area (TPSA) is 0 Å². The third-order valence-corrected chi connectivity index (χ3v) is 0.556. The van der Waals surface area contributed by atoms with Crippen molar-refractivity contribution in [2.24, 2.45) is 0 Å². The largest absolute Gasteiger partial charge is 0.214 e. The summed E-state index contributed by atoms with van der Waals surface area (Å²) >= 11 is 2.94. The Morgan fingerprint density at radius 1 is 1.12 bits per heavy atom. The molecule has 0 nitrogen and oxygen atoms in total. The first-order chi connectivity index (χ1) is 3.50. The molecule has 0 heterocycles. The maximum Gasteiger partial charge on any atom is 0 e. The molecule has 44 valence electrons. The van der Waals surface area contributed by atoms with Crippen LogP contribution in [0.5, 0.6) is 0 Å². The summed E-state index contributed by atoms with van der Waals surface area (Å²) in [5.41, 5.74) is 0. The third-order valence-electron chi connectivity index (χ3n) is 0.556. The molecule has 0 saturated carbocycles. The van der Waals surface area contributed by atoms with E-state index >= 15 is 0 Å². The predicted octanol–water partition coefficient (Wildman–Crippen LogP) is 2.41. The van der Waals surface area contributed by atoms with E-state index in [1.807, 2.05) is 36.2 Å². The summed E-state index contributed by atoms with van der Waals surface area (Å²) in [5.74, 6) is 1.81. The summed E-state index contributed by atoms with van der Waals surface area (Å²) in [5, 5.41) is 0. The molecule has 8 heavy (non-hydrogen) atoms. The zero-order valence-electron chi connectivity index (χ0n) is 4.76. The fourth-order valence-electron chi connectivity index (χ4n) is 0.321. The van der Waals surface area contributed by atoms with Gasteiger partial charge in [0.2, 0.25) is 0 Å². The SMILES string of the molecule is CBr.[Zr].c1cc[cH-]c1. The van der Waals surface area contributed by atoms with E-state index < -0.39 is 0 Å². The van der Waals surface area contributed by atoms with Crippen molar-refractivity contribution in [3.05, 3.63) is 30.3 Å². The van der Waals surface area contributed by atoms with Crippen molar-refractivity contribution in [3.8, 4) is 0 Å². The predicted molar refractivity (Wildman–Crippen MR) is 36.9 cm³/mol. The first kappa shape index (κ1) is 11.5. The van der Waals surface area contributed by atoms with Crippen LogP contribution in [0, 0.1) is 0 Å². The van der Waals surface area contributed by atoms with Crippen molar-refractivity contribution in [1.29, 1.82) is 0 Å². The fraction of sp³-hybridized carbons (Fsp3) is 0.167. The van der Waals surface area contributed by atoms with Gasteiger partial charge in [-0.1, -0.05) is 15.9 Å². The fourth-order valence-corrected chi connectivity index (χ4v) is 0.321. The molecular formula is C6H8BrZr-. The van der Waals surface area contributed by atoms with E-state index in [2.05, 4.69) is 15.9 Å². The zero-order chi connectivity index (χ0) is 5.54. The molecule has 0 atom stereocenters. The molecule has 0 aliphatic rings. The maximum absolute atomic E-state index is 2.94. The number of halogens is 1. The minimum absolute atomic E-state index is 0. The summed E-state index contributed by atoms with van der Waals surface area (Å²) in [6.45, 7) is 0. The summed E-state index contributed by atoms with van der Waals surface area (Å²) in [4.78, 5) is 0. The molecule has 1 aromatic rings. The summed E-state index contributed by atoms with van der Waals surface area (Å²) in [6.07, 6.45) is 0. The van der Waals surface area contributed by atoms with Crippen LogP contribution in [0.2, 0.25) is 0 Å². The van der Waals surface area contributed by atoms with Gasteiger partial charge in [0.1, 0.15) is 0 Å². The molecule has 0 fully saturated rings. The standard InChI is InChI=1S/C5H5.CH3Br.Zr/c1-2-4-5-3-1;1-2;/h1-5H;1H3;/q-1;;. The average molecular weight is 251 g/mol. The second-order valence-corrected chi connectivity index (χ2v) is 0.962. The minimum Gasteiger partial charge on any atom is -0.214 e. The van der Waals surface area contributed by atoms with Crippen molar-refractivity contribution in [2.45, 2.75) is 0 Å². The van der Waals surface area contributed by atoms with Crippen LogP contribution in [0.15, 0.2) is 30.3 Å². The third kappa shape index (κ3) is 6.71. The van der Waals surface area contributed by atoms with Crippen LogP contribution in [0.1, 0.15) is 0 Å². The Morgan fingerprint density at radius 2 is 1.50 bits per heavy atom. The van der Waals surface area contributed by atoms with Gasteiger partial charge in [0, 0.05) is 26.2 Å². The molecule has 0 spiro atoms. The van der Waals surface area contributed by atoms with Gasteiger partial charge in [-0.3, -0.25) is 0 Å². The van der Waals surface area contributed by atoms with Crippen LogP contribution in [-0.4, -0.2) is 5.83 Å². The van der Waals surface area contributed by atoms with Gasteiger partial charge < -0.3 is 0 Å². The van der Waals surface area contributed by atoms with E-state index in [-0.39, 0.29) is 26.2 Å². The van der Waals surface area contributed by atoms with Gasteiger partial charge in [-0.25, -0.2) is 12.1 Å². The van der Waals surface area contributed by atoms with E-state index in [1.165, 1.54) is 0 Å². The molecular weight excluding hydrogens is 243 g/mol. The van der Waals surface area contributed by atoms with E-state index in [9.17, 15) is 0 Å². The second-order valence-electron chi connectivity index (χ2n) is 0.962. The Balaban J connectivity index is 0. The molecule has 1 rings (SSSR count). The maximum atomic E-state index is 2.94. The van der Waals surface area contributed by atoms with Crippen molar-refractivity contribution in [1.82, 2.24) is 0 Å². The van der Waals surface area contributed by atoms with Gasteiger partial charge in [-0.05, 0) is 5.83 Å². The molecule has 0 amide bonds. The Morgan fingerprint density at radius 3 is 1.62 bits per heavy atom. The molecule has 0 radical (unpaired) electrons. The first-order valence-electron chi connectivity index (χ1n) is 2.04. The van der Waals surface area contributed by atoms with Crippen molar-refractivity contribution in [3.63, 3.8) is 0 Å². The second kappa shape index (κ2) is 10.6. The monoisotopic (exact) mass is 249 g/mol. The number of hydrogen-bond acceptors (Lipinski definition) is 0. The molecule has 2 heteroatoms. The average Bonchev–Trinajstić information content (AvgIpc) is 2.23. The van der Waals surface area contributed by atoms with Crippen LogP contribution in [0.25, 0.3) is 0 Å². The molecule has 0 bridgehead atoms. The number of hydrogen-bond donors (Lipinski definition) is 0. The minimum atomic E-state index is 0. The van der Waals surface area contributed by atoms with E-state index in [0.29, 0.717) is 0 Å². The van der Waals surface area contributed by atoms with E-state index in [4.69, 9.17) is 0 Å². The summed E-state index contributed by atoms with van der Waals surface area (Å²) in [7, 11) is 0. The van der Waals surface area contributed by atoms with Gasteiger partial charge in [0.15, 0.2) is 0 Å².